The van der Waals surface area contributed by atoms with E-state index in [2.05, 4.69) is 29.9 Å². The van der Waals surface area contributed by atoms with Crippen LogP contribution in [0.4, 0.5) is 0 Å². The zero-order valence-electron chi connectivity index (χ0n) is 13.6. The third-order valence-corrected chi connectivity index (χ3v) is 5.21. The molecule has 21 heavy (non-hydrogen) atoms. The fraction of sp³-hybridized carbons (Fsp3) is 0.737. The van der Waals surface area contributed by atoms with E-state index in [1.165, 1.54) is 45.6 Å². The van der Waals surface area contributed by atoms with Crippen LogP contribution in [0, 0.1) is 17.8 Å². The Kier molecular flexibility index (Phi) is 6.53. The molecule has 0 fully saturated rings. The summed E-state index contributed by atoms with van der Waals surface area (Å²) in [5.41, 5.74) is 1.61. The first-order chi connectivity index (χ1) is 10.2. The van der Waals surface area contributed by atoms with Crippen LogP contribution in [0.2, 0.25) is 0 Å². The summed E-state index contributed by atoms with van der Waals surface area (Å²) in [6.45, 7) is 2.38. The first kappa shape index (κ1) is 16.3. The first-order valence-electron chi connectivity index (χ1n) is 8.67. The fourth-order valence-corrected chi connectivity index (χ4v) is 3.92. The number of fused-ring (bicyclic) bond motifs is 1. The van der Waals surface area contributed by atoms with Gasteiger partial charge in [-0.15, -0.1) is 0 Å². The minimum atomic E-state index is -0.0713. The van der Waals surface area contributed by atoms with Gasteiger partial charge in [0, 0.05) is 6.42 Å². The van der Waals surface area contributed by atoms with Gasteiger partial charge < -0.3 is 4.74 Å². The number of allylic oxidation sites excluding steroid dienone is 4. The minimum Gasteiger partial charge on any atom is -0.469 e. The number of carbonyl (C=O) groups excluding carboxylic acids is 1. The maximum atomic E-state index is 11.1. The van der Waals surface area contributed by atoms with E-state index in [9.17, 15) is 4.79 Å². The second-order valence-electron chi connectivity index (χ2n) is 6.65. The van der Waals surface area contributed by atoms with Crippen LogP contribution in [-0.4, -0.2) is 13.1 Å². The Hall–Kier alpha value is -1.05. The van der Waals surface area contributed by atoms with Crippen molar-refractivity contribution >= 4 is 5.97 Å². The van der Waals surface area contributed by atoms with Crippen LogP contribution < -0.4 is 0 Å². The quantitative estimate of drug-likeness (QED) is 0.484. The topological polar surface area (TPSA) is 26.3 Å². The highest BCUT2D eigenvalue weighted by Gasteiger charge is 2.31. The predicted octanol–water partition coefficient (Wildman–Crippen LogP) is 5.05. The highest BCUT2D eigenvalue weighted by atomic mass is 16.5. The Labute approximate surface area is 129 Å². The van der Waals surface area contributed by atoms with E-state index in [1.807, 2.05) is 0 Å². The van der Waals surface area contributed by atoms with Crippen molar-refractivity contribution in [3.05, 3.63) is 23.8 Å². The SMILES string of the molecule is COC(=O)CCCCCC[C@H]1C(C)C=CC2=CCCCC21. The van der Waals surface area contributed by atoms with E-state index in [0.29, 0.717) is 6.42 Å². The summed E-state index contributed by atoms with van der Waals surface area (Å²) in [5, 5.41) is 0. The summed E-state index contributed by atoms with van der Waals surface area (Å²) in [6.07, 6.45) is 17.9. The summed E-state index contributed by atoms with van der Waals surface area (Å²) in [5.74, 6) is 2.30. The number of esters is 1. The van der Waals surface area contributed by atoms with Crippen molar-refractivity contribution in [1.82, 2.24) is 0 Å². The van der Waals surface area contributed by atoms with Gasteiger partial charge >= 0.3 is 5.97 Å². The Bertz CT molecular complexity index is 394. The van der Waals surface area contributed by atoms with Gasteiger partial charge in [0.25, 0.3) is 0 Å². The lowest BCUT2D eigenvalue weighted by Gasteiger charge is -2.37. The van der Waals surface area contributed by atoms with Crippen molar-refractivity contribution in [2.24, 2.45) is 17.8 Å². The summed E-state index contributed by atoms with van der Waals surface area (Å²) >= 11 is 0. The minimum absolute atomic E-state index is 0.0713. The van der Waals surface area contributed by atoms with Gasteiger partial charge in [0.2, 0.25) is 0 Å². The van der Waals surface area contributed by atoms with Gasteiger partial charge in [0.15, 0.2) is 0 Å². The molecule has 0 radical (unpaired) electrons. The van der Waals surface area contributed by atoms with Gasteiger partial charge in [-0.1, -0.05) is 44.4 Å². The number of methoxy groups -OCH3 is 1. The molecule has 0 amide bonds. The van der Waals surface area contributed by atoms with Crippen molar-refractivity contribution in [3.8, 4) is 0 Å². The lowest BCUT2D eigenvalue weighted by atomic mass is 9.68. The maximum absolute atomic E-state index is 11.1. The molecule has 0 spiro atoms. The Morgan fingerprint density at radius 3 is 2.90 bits per heavy atom. The molecule has 118 valence electrons. The van der Waals surface area contributed by atoms with Crippen LogP contribution in [0.3, 0.4) is 0 Å². The third kappa shape index (κ3) is 4.72. The third-order valence-electron chi connectivity index (χ3n) is 5.21. The molecule has 2 aliphatic rings. The molecule has 0 bridgehead atoms. The number of hydrogen-bond donors (Lipinski definition) is 0. The molecule has 0 N–H and O–H groups in total. The van der Waals surface area contributed by atoms with Crippen molar-refractivity contribution in [1.29, 1.82) is 0 Å². The molecular formula is C19H30O2. The lowest BCUT2D eigenvalue weighted by molar-refractivity contribution is -0.140. The molecule has 0 saturated carbocycles. The second kappa shape index (κ2) is 8.41. The van der Waals surface area contributed by atoms with Crippen molar-refractivity contribution in [3.63, 3.8) is 0 Å². The number of unbranched alkanes of at least 4 members (excludes halogenated alkanes) is 3. The first-order valence-corrected chi connectivity index (χ1v) is 8.67. The van der Waals surface area contributed by atoms with E-state index >= 15 is 0 Å². The van der Waals surface area contributed by atoms with Crippen LogP contribution >= 0.6 is 0 Å². The van der Waals surface area contributed by atoms with Crippen LogP contribution in [0.1, 0.15) is 64.7 Å². The molecule has 2 aliphatic carbocycles. The fourth-order valence-electron chi connectivity index (χ4n) is 3.92. The van der Waals surface area contributed by atoms with Crippen LogP contribution in [-0.2, 0) is 9.53 Å². The molecule has 2 heteroatoms. The number of ether oxygens (including phenoxy) is 1. The van der Waals surface area contributed by atoms with E-state index in [4.69, 9.17) is 0 Å². The normalized spacial score (nSPS) is 27.9. The molecule has 0 aromatic carbocycles. The number of rotatable bonds is 7. The van der Waals surface area contributed by atoms with Crippen LogP contribution in [0.15, 0.2) is 23.8 Å². The molecule has 2 unspecified atom stereocenters. The number of hydrogen-bond acceptors (Lipinski definition) is 2. The predicted molar refractivity (Wildman–Crippen MR) is 86.9 cm³/mol. The van der Waals surface area contributed by atoms with Gasteiger partial charge in [-0.2, -0.15) is 0 Å². The van der Waals surface area contributed by atoms with E-state index in [-0.39, 0.29) is 5.97 Å². The molecule has 2 rings (SSSR count). The second-order valence-corrected chi connectivity index (χ2v) is 6.65. The summed E-state index contributed by atoms with van der Waals surface area (Å²) in [7, 11) is 1.47. The maximum Gasteiger partial charge on any atom is 0.305 e. The summed E-state index contributed by atoms with van der Waals surface area (Å²) < 4.78 is 4.67. The molecule has 0 aromatic rings. The molecule has 3 atom stereocenters. The van der Waals surface area contributed by atoms with Crippen LogP contribution in [0.5, 0.6) is 0 Å². The average Bonchev–Trinajstić information content (AvgIpc) is 2.52. The monoisotopic (exact) mass is 290 g/mol. The van der Waals surface area contributed by atoms with Gasteiger partial charge in [0.05, 0.1) is 7.11 Å². The Morgan fingerprint density at radius 1 is 1.29 bits per heavy atom. The van der Waals surface area contributed by atoms with Gasteiger partial charge in [-0.05, 0) is 55.4 Å². The molecule has 0 aromatic heterocycles. The Balaban J connectivity index is 1.70. The Morgan fingerprint density at radius 2 is 2.10 bits per heavy atom. The standard InChI is InChI=1S/C19H30O2/c1-15-13-14-16-9-7-8-11-18(16)17(15)10-5-3-4-6-12-19(20)21-2/h9,13-15,17-18H,3-8,10-12H2,1-2H3/t15?,17-,18?/m0/s1. The van der Waals surface area contributed by atoms with Crippen molar-refractivity contribution in [2.45, 2.75) is 64.7 Å². The van der Waals surface area contributed by atoms with Gasteiger partial charge in [0.1, 0.15) is 0 Å². The van der Waals surface area contributed by atoms with E-state index in [1.54, 1.807) is 5.57 Å². The molecule has 0 aliphatic heterocycles. The molecule has 0 saturated heterocycles. The zero-order valence-corrected chi connectivity index (χ0v) is 13.6. The molecule has 2 nitrogen and oxygen atoms in total. The zero-order chi connectivity index (χ0) is 15.1. The summed E-state index contributed by atoms with van der Waals surface area (Å²) in [4.78, 5) is 11.1. The smallest absolute Gasteiger partial charge is 0.305 e. The largest absolute Gasteiger partial charge is 0.469 e. The molecule has 0 heterocycles. The highest BCUT2D eigenvalue weighted by Crippen LogP contribution is 2.42. The lowest BCUT2D eigenvalue weighted by Crippen LogP contribution is -2.27. The van der Waals surface area contributed by atoms with E-state index in [0.717, 1.165) is 30.6 Å². The number of carbonyl (C=O) groups is 1. The van der Waals surface area contributed by atoms with E-state index < -0.39 is 0 Å². The van der Waals surface area contributed by atoms with Crippen molar-refractivity contribution in [2.75, 3.05) is 7.11 Å². The highest BCUT2D eigenvalue weighted by molar-refractivity contribution is 5.68. The molecular weight excluding hydrogens is 260 g/mol. The average molecular weight is 290 g/mol. The van der Waals surface area contributed by atoms with Gasteiger partial charge in [-0.25, -0.2) is 0 Å². The van der Waals surface area contributed by atoms with Gasteiger partial charge in [-0.3, -0.25) is 4.79 Å². The van der Waals surface area contributed by atoms with Crippen LogP contribution in [0.25, 0.3) is 0 Å². The van der Waals surface area contributed by atoms with Crippen molar-refractivity contribution < 1.29 is 9.53 Å². The summed E-state index contributed by atoms with van der Waals surface area (Å²) in [6, 6.07) is 0.